The average molecular weight is 379 g/mol. The van der Waals surface area contributed by atoms with E-state index < -0.39 is 11.8 Å². The summed E-state index contributed by atoms with van der Waals surface area (Å²) in [6, 6.07) is 15.5. The maximum atomic E-state index is 12.1. The SMILES string of the molecule is CC(C)Oc1ccccc1CNC(=O)C(=O)NCCc1c[nH]c2ccccc12. The molecule has 6 nitrogen and oxygen atoms in total. The van der Waals surface area contributed by atoms with E-state index in [0.717, 1.165) is 22.0 Å². The number of H-pyrrole nitrogens is 1. The summed E-state index contributed by atoms with van der Waals surface area (Å²) in [5.41, 5.74) is 3.00. The van der Waals surface area contributed by atoms with Crippen LogP contribution in [0.2, 0.25) is 0 Å². The zero-order valence-electron chi connectivity index (χ0n) is 16.1. The lowest BCUT2D eigenvalue weighted by Crippen LogP contribution is -2.40. The first-order valence-electron chi connectivity index (χ1n) is 9.40. The predicted molar refractivity (Wildman–Crippen MR) is 109 cm³/mol. The molecule has 1 heterocycles. The standard InChI is InChI=1S/C22H25N3O3/c1-15(2)28-20-10-6-3-7-17(20)14-25-22(27)21(26)23-12-11-16-13-24-19-9-5-4-8-18(16)19/h3-10,13,15,24H,11-12,14H2,1-2H3,(H,23,26)(H,25,27). The van der Waals surface area contributed by atoms with Gasteiger partial charge in [0.1, 0.15) is 5.75 Å². The topological polar surface area (TPSA) is 83.2 Å². The maximum absolute atomic E-state index is 12.1. The average Bonchev–Trinajstić information content (AvgIpc) is 3.10. The van der Waals surface area contributed by atoms with Gasteiger partial charge in [-0.3, -0.25) is 9.59 Å². The van der Waals surface area contributed by atoms with Gasteiger partial charge < -0.3 is 20.4 Å². The number of para-hydroxylation sites is 2. The van der Waals surface area contributed by atoms with Crippen LogP contribution in [0.5, 0.6) is 5.75 Å². The van der Waals surface area contributed by atoms with Crippen molar-refractivity contribution in [2.45, 2.75) is 32.9 Å². The van der Waals surface area contributed by atoms with Crippen molar-refractivity contribution in [1.29, 1.82) is 0 Å². The van der Waals surface area contributed by atoms with Crippen LogP contribution in [0, 0.1) is 0 Å². The van der Waals surface area contributed by atoms with Gasteiger partial charge in [0.15, 0.2) is 0 Å². The lowest BCUT2D eigenvalue weighted by Gasteiger charge is -2.14. The van der Waals surface area contributed by atoms with Crippen LogP contribution in [0.25, 0.3) is 10.9 Å². The Balaban J connectivity index is 1.48. The normalized spacial score (nSPS) is 10.8. The molecule has 0 bridgehead atoms. The van der Waals surface area contributed by atoms with Gasteiger partial charge in [0.25, 0.3) is 0 Å². The van der Waals surface area contributed by atoms with Crippen LogP contribution in [-0.4, -0.2) is 29.4 Å². The van der Waals surface area contributed by atoms with Crippen LogP contribution < -0.4 is 15.4 Å². The molecule has 0 saturated carbocycles. The Morgan fingerprint density at radius 2 is 1.68 bits per heavy atom. The molecule has 28 heavy (non-hydrogen) atoms. The third-order valence-electron chi connectivity index (χ3n) is 4.34. The third-order valence-corrected chi connectivity index (χ3v) is 4.34. The van der Waals surface area contributed by atoms with Gasteiger partial charge in [0.05, 0.1) is 6.10 Å². The molecule has 2 amide bonds. The smallest absolute Gasteiger partial charge is 0.309 e. The van der Waals surface area contributed by atoms with Crippen LogP contribution in [0.1, 0.15) is 25.0 Å². The minimum Gasteiger partial charge on any atom is -0.491 e. The van der Waals surface area contributed by atoms with E-state index in [-0.39, 0.29) is 12.6 Å². The Bertz CT molecular complexity index is 962. The summed E-state index contributed by atoms with van der Waals surface area (Å²) >= 11 is 0. The number of amides is 2. The van der Waals surface area contributed by atoms with E-state index in [9.17, 15) is 9.59 Å². The van der Waals surface area contributed by atoms with Crippen molar-refractivity contribution >= 4 is 22.7 Å². The van der Waals surface area contributed by atoms with E-state index >= 15 is 0 Å². The molecule has 0 aliphatic heterocycles. The summed E-state index contributed by atoms with van der Waals surface area (Å²) in [7, 11) is 0. The highest BCUT2D eigenvalue weighted by atomic mass is 16.5. The lowest BCUT2D eigenvalue weighted by atomic mass is 10.1. The first-order valence-corrected chi connectivity index (χ1v) is 9.40. The molecule has 0 fully saturated rings. The summed E-state index contributed by atoms with van der Waals surface area (Å²) in [6.07, 6.45) is 2.61. The van der Waals surface area contributed by atoms with Crippen molar-refractivity contribution in [3.8, 4) is 5.75 Å². The van der Waals surface area contributed by atoms with Gasteiger partial charge in [-0.1, -0.05) is 36.4 Å². The zero-order chi connectivity index (χ0) is 19.9. The fourth-order valence-corrected chi connectivity index (χ4v) is 3.00. The van der Waals surface area contributed by atoms with Crippen LogP contribution in [0.15, 0.2) is 54.7 Å². The first-order chi connectivity index (χ1) is 13.5. The lowest BCUT2D eigenvalue weighted by molar-refractivity contribution is -0.139. The molecule has 0 spiro atoms. The molecule has 3 N–H and O–H groups in total. The molecular weight excluding hydrogens is 354 g/mol. The minimum atomic E-state index is -0.654. The van der Waals surface area contributed by atoms with E-state index in [1.165, 1.54) is 0 Å². The number of carbonyl (C=O) groups is 2. The molecule has 146 valence electrons. The van der Waals surface area contributed by atoms with Crippen molar-refractivity contribution in [1.82, 2.24) is 15.6 Å². The minimum absolute atomic E-state index is 0.0321. The Morgan fingerprint density at radius 1 is 0.964 bits per heavy atom. The number of hydrogen-bond acceptors (Lipinski definition) is 3. The van der Waals surface area contributed by atoms with E-state index in [2.05, 4.69) is 15.6 Å². The van der Waals surface area contributed by atoms with Gasteiger partial charge in [0.2, 0.25) is 0 Å². The first kappa shape index (κ1) is 19.5. The highest BCUT2D eigenvalue weighted by Gasteiger charge is 2.14. The number of rotatable bonds is 7. The Kier molecular flexibility index (Phi) is 6.32. The van der Waals surface area contributed by atoms with Gasteiger partial charge in [-0.25, -0.2) is 0 Å². The summed E-state index contributed by atoms with van der Waals surface area (Å²) in [5, 5.41) is 6.45. The number of aromatic amines is 1. The van der Waals surface area contributed by atoms with Crippen LogP contribution in [-0.2, 0) is 22.6 Å². The second-order valence-electron chi connectivity index (χ2n) is 6.82. The summed E-state index contributed by atoms with van der Waals surface area (Å²) in [6.45, 7) is 4.51. The quantitative estimate of drug-likeness (QED) is 0.552. The van der Waals surface area contributed by atoms with Crippen molar-refractivity contribution in [3.05, 3.63) is 65.9 Å². The number of ether oxygens (including phenoxy) is 1. The zero-order valence-corrected chi connectivity index (χ0v) is 16.1. The molecule has 0 atom stereocenters. The van der Waals surface area contributed by atoms with E-state index in [1.807, 2.05) is 68.6 Å². The largest absolute Gasteiger partial charge is 0.491 e. The number of carbonyl (C=O) groups excluding carboxylic acids is 2. The van der Waals surface area contributed by atoms with Crippen molar-refractivity contribution in [3.63, 3.8) is 0 Å². The maximum Gasteiger partial charge on any atom is 0.309 e. The van der Waals surface area contributed by atoms with Crippen LogP contribution >= 0.6 is 0 Å². The number of nitrogens with one attached hydrogen (secondary N) is 3. The van der Waals surface area contributed by atoms with Crippen LogP contribution in [0.3, 0.4) is 0 Å². The molecule has 0 aliphatic carbocycles. The van der Waals surface area contributed by atoms with E-state index in [4.69, 9.17) is 4.74 Å². The highest BCUT2D eigenvalue weighted by molar-refractivity contribution is 6.35. The molecule has 0 aliphatic rings. The molecular formula is C22H25N3O3. The Hall–Kier alpha value is -3.28. The van der Waals surface area contributed by atoms with Crippen molar-refractivity contribution in [2.24, 2.45) is 0 Å². The van der Waals surface area contributed by atoms with Crippen molar-refractivity contribution < 1.29 is 14.3 Å². The fourth-order valence-electron chi connectivity index (χ4n) is 3.00. The molecule has 0 saturated heterocycles. The molecule has 0 unspecified atom stereocenters. The summed E-state index contributed by atoms with van der Waals surface area (Å²) in [5.74, 6) is -0.585. The highest BCUT2D eigenvalue weighted by Crippen LogP contribution is 2.19. The summed E-state index contributed by atoms with van der Waals surface area (Å²) in [4.78, 5) is 27.3. The number of benzene rings is 2. The monoisotopic (exact) mass is 379 g/mol. The van der Waals surface area contributed by atoms with Gasteiger partial charge in [-0.05, 0) is 38.0 Å². The Labute approximate surface area is 164 Å². The molecule has 1 aromatic heterocycles. The molecule has 6 heteroatoms. The van der Waals surface area contributed by atoms with Gasteiger partial charge in [0, 0.05) is 35.8 Å². The van der Waals surface area contributed by atoms with Gasteiger partial charge >= 0.3 is 11.8 Å². The number of hydrogen-bond donors (Lipinski definition) is 3. The predicted octanol–water partition coefficient (Wildman–Crippen LogP) is 2.93. The fraction of sp³-hybridized carbons (Fsp3) is 0.273. The van der Waals surface area contributed by atoms with Crippen molar-refractivity contribution in [2.75, 3.05) is 6.54 Å². The van der Waals surface area contributed by atoms with Crippen LogP contribution in [0.4, 0.5) is 0 Å². The molecule has 3 aromatic rings. The molecule has 0 radical (unpaired) electrons. The van der Waals surface area contributed by atoms with E-state index in [0.29, 0.717) is 18.7 Å². The number of fused-ring (bicyclic) bond motifs is 1. The third kappa shape index (κ3) is 4.91. The second-order valence-corrected chi connectivity index (χ2v) is 6.82. The van der Waals surface area contributed by atoms with Gasteiger partial charge in [-0.15, -0.1) is 0 Å². The number of aromatic nitrogens is 1. The summed E-state index contributed by atoms with van der Waals surface area (Å²) < 4.78 is 5.72. The Morgan fingerprint density at radius 3 is 2.50 bits per heavy atom. The van der Waals surface area contributed by atoms with E-state index in [1.54, 1.807) is 0 Å². The van der Waals surface area contributed by atoms with Gasteiger partial charge in [-0.2, -0.15) is 0 Å². The second kappa shape index (κ2) is 9.08. The molecule has 2 aromatic carbocycles. The molecule has 3 rings (SSSR count).